The molecule has 0 bridgehead atoms. The standard InChI is InChI=1S/C19H25N3OS/c1-12-7-8-16(13(2)10-12)18-21-14(3)17(24-18)19(23)22-9-5-6-15(11-22)20-4/h7-8,10,15,20H,5-6,9,11H2,1-4H3. The molecular weight excluding hydrogens is 318 g/mol. The summed E-state index contributed by atoms with van der Waals surface area (Å²) in [5.41, 5.74) is 4.41. The molecule has 3 rings (SSSR count). The molecule has 1 aromatic heterocycles. The number of rotatable bonds is 3. The Morgan fingerprint density at radius 1 is 1.33 bits per heavy atom. The molecule has 5 heteroatoms. The lowest BCUT2D eigenvalue weighted by molar-refractivity contribution is 0.0702. The minimum Gasteiger partial charge on any atom is -0.336 e. The van der Waals surface area contributed by atoms with E-state index in [1.54, 1.807) is 0 Å². The van der Waals surface area contributed by atoms with Crippen molar-refractivity contribution in [2.45, 2.75) is 39.7 Å². The molecule has 128 valence electrons. The predicted octanol–water partition coefficient (Wildman–Crippen LogP) is 3.56. The number of hydrogen-bond acceptors (Lipinski definition) is 4. The van der Waals surface area contributed by atoms with Gasteiger partial charge in [-0.3, -0.25) is 4.79 Å². The maximum absolute atomic E-state index is 12.9. The third-order valence-electron chi connectivity index (χ3n) is 4.72. The van der Waals surface area contributed by atoms with Gasteiger partial charge >= 0.3 is 0 Å². The SMILES string of the molecule is CNC1CCCN(C(=O)c2sc(-c3ccc(C)cc3C)nc2C)C1. The molecule has 1 aliphatic heterocycles. The van der Waals surface area contributed by atoms with Crippen molar-refractivity contribution in [3.05, 3.63) is 39.9 Å². The smallest absolute Gasteiger partial charge is 0.265 e. The normalized spacial score (nSPS) is 18.0. The van der Waals surface area contributed by atoms with E-state index in [1.807, 2.05) is 18.9 Å². The molecule has 0 saturated carbocycles. The summed E-state index contributed by atoms with van der Waals surface area (Å²) in [4.78, 5) is 20.4. The van der Waals surface area contributed by atoms with Crippen LogP contribution < -0.4 is 5.32 Å². The van der Waals surface area contributed by atoms with Gasteiger partial charge in [-0.15, -0.1) is 11.3 Å². The van der Waals surface area contributed by atoms with E-state index in [0.717, 1.165) is 47.1 Å². The van der Waals surface area contributed by atoms with Gasteiger partial charge in [-0.2, -0.15) is 0 Å². The molecule has 24 heavy (non-hydrogen) atoms. The Morgan fingerprint density at radius 3 is 2.83 bits per heavy atom. The van der Waals surface area contributed by atoms with Gasteiger partial charge in [0.05, 0.1) is 5.69 Å². The first-order chi connectivity index (χ1) is 11.5. The van der Waals surface area contributed by atoms with Gasteiger partial charge < -0.3 is 10.2 Å². The zero-order valence-electron chi connectivity index (χ0n) is 14.8. The fraction of sp³-hybridized carbons (Fsp3) is 0.474. The number of likely N-dealkylation sites (tertiary alicyclic amines) is 1. The molecule has 1 atom stereocenters. The zero-order chi connectivity index (χ0) is 17.3. The maximum atomic E-state index is 12.9. The second-order valence-corrected chi connectivity index (χ2v) is 7.63. The highest BCUT2D eigenvalue weighted by Crippen LogP contribution is 2.31. The van der Waals surface area contributed by atoms with Crippen LogP contribution in [0.25, 0.3) is 10.6 Å². The molecule has 1 aliphatic rings. The summed E-state index contributed by atoms with van der Waals surface area (Å²) < 4.78 is 0. The van der Waals surface area contributed by atoms with Gasteiger partial charge in [-0.1, -0.05) is 23.8 Å². The van der Waals surface area contributed by atoms with Crippen LogP contribution in [0.5, 0.6) is 0 Å². The van der Waals surface area contributed by atoms with E-state index in [0.29, 0.717) is 6.04 Å². The van der Waals surface area contributed by atoms with E-state index >= 15 is 0 Å². The number of aromatic nitrogens is 1. The molecule has 0 radical (unpaired) electrons. The van der Waals surface area contributed by atoms with Gasteiger partial charge in [0.2, 0.25) is 0 Å². The van der Waals surface area contributed by atoms with Crippen LogP contribution in [0, 0.1) is 20.8 Å². The average molecular weight is 343 g/mol. The van der Waals surface area contributed by atoms with Gasteiger partial charge in [0.15, 0.2) is 0 Å². The predicted molar refractivity (Wildman–Crippen MR) is 99.7 cm³/mol. The van der Waals surface area contributed by atoms with Crippen LogP contribution in [-0.2, 0) is 0 Å². The number of thiazole rings is 1. The Bertz CT molecular complexity index is 753. The monoisotopic (exact) mass is 343 g/mol. The average Bonchev–Trinajstić information content (AvgIpc) is 2.95. The Balaban J connectivity index is 1.87. The van der Waals surface area contributed by atoms with E-state index < -0.39 is 0 Å². The molecule has 1 amide bonds. The molecular formula is C19H25N3OS. The summed E-state index contributed by atoms with van der Waals surface area (Å²) in [6.07, 6.45) is 2.19. The first kappa shape index (κ1) is 17.1. The van der Waals surface area contributed by atoms with Crippen molar-refractivity contribution in [2.24, 2.45) is 0 Å². The van der Waals surface area contributed by atoms with E-state index in [2.05, 4.69) is 42.3 Å². The van der Waals surface area contributed by atoms with Crippen molar-refractivity contribution in [1.82, 2.24) is 15.2 Å². The summed E-state index contributed by atoms with van der Waals surface area (Å²) in [5, 5.41) is 4.23. The molecule has 1 unspecified atom stereocenters. The van der Waals surface area contributed by atoms with Crippen LogP contribution in [0.2, 0.25) is 0 Å². The lowest BCUT2D eigenvalue weighted by atomic mass is 10.1. The van der Waals surface area contributed by atoms with Crippen molar-refractivity contribution < 1.29 is 4.79 Å². The van der Waals surface area contributed by atoms with Gasteiger partial charge in [-0.25, -0.2) is 4.98 Å². The van der Waals surface area contributed by atoms with Crippen LogP contribution in [0.4, 0.5) is 0 Å². The van der Waals surface area contributed by atoms with Gasteiger partial charge in [-0.05, 0) is 46.2 Å². The largest absolute Gasteiger partial charge is 0.336 e. The Labute approximate surface area is 147 Å². The molecule has 0 spiro atoms. The number of nitrogens with one attached hydrogen (secondary N) is 1. The van der Waals surface area contributed by atoms with Crippen molar-refractivity contribution in [1.29, 1.82) is 0 Å². The van der Waals surface area contributed by atoms with E-state index in [4.69, 9.17) is 0 Å². The summed E-state index contributed by atoms with van der Waals surface area (Å²) in [6, 6.07) is 6.77. The lowest BCUT2D eigenvalue weighted by Gasteiger charge is -2.32. The Kier molecular flexibility index (Phi) is 5.01. The fourth-order valence-corrected chi connectivity index (χ4v) is 4.43. The number of amides is 1. The fourth-order valence-electron chi connectivity index (χ4n) is 3.30. The number of carbonyl (C=O) groups excluding carboxylic acids is 1. The van der Waals surface area contributed by atoms with Crippen LogP contribution in [0.3, 0.4) is 0 Å². The van der Waals surface area contributed by atoms with Crippen LogP contribution in [-0.4, -0.2) is 42.0 Å². The highest BCUT2D eigenvalue weighted by Gasteiger charge is 2.26. The summed E-state index contributed by atoms with van der Waals surface area (Å²) >= 11 is 1.52. The number of hydrogen-bond donors (Lipinski definition) is 1. The maximum Gasteiger partial charge on any atom is 0.265 e. The van der Waals surface area contributed by atoms with Crippen molar-refractivity contribution in [3.63, 3.8) is 0 Å². The third kappa shape index (κ3) is 3.37. The number of carbonyl (C=O) groups is 1. The molecule has 2 heterocycles. The number of piperidine rings is 1. The minimum atomic E-state index is 0.126. The number of likely N-dealkylation sites (N-methyl/N-ethyl adjacent to an activating group) is 1. The molecule has 1 saturated heterocycles. The van der Waals surface area contributed by atoms with E-state index in [1.165, 1.54) is 22.5 Å². The number of nitrogens with zero attached hydrogens (tertiary/aromatic N) is 2. The van der Waals surface area contributed by atoms with E-state index in [9.17, 15) is 4.79 Å². The third-order valence-corrected chi connectivity index (χ3v) is 5.90. The van der Waals surface area contributed by atoms with Crippen molar-refractivity contribution in [2.75, 3.05) is 20.1 Å². The van der Waals surface area contributed by atoms with Crippen LogP contribution >= 0.6 is 11.3 Å². The first-order valence-corrected chi connectivity index (χ1v) is 9.33. The Hall–Kier alpha value is -1.72. The molecule has 1 N–H and O–H groups in total. The van der Waals surface area contributed by atoms with E-state index in [-0.39, 0.29) is 5.91 Å². The molecule has 2 aromatic rings. The summed E-state index contributed by atoms with van der Waals surface area (Å²) in [7, 11) is 1.97. The summed E-state index contributed by atoms with van der Waals surface area (Å²) in [5.74, 6) is 0.126. The molecule has 1 fully saturated rings. The zero-order valence-corrected chi connectivity index (χ0v) is 15.7. The molecule has 1 aromatic carbocycles. The number of benzene rings is 1. The second kappa shape index (κ2) is 7.03. The second-order valence-electron chi connectivity index (χ2n) is 6.63. The molecule has 4 nitrogen and oxygen atoms in total. The first-order valence-electron chi connectivity index (χ1n) is 8.51. The quantitative estimate of drug-likeness (QED) is 0.927. The molecule has 0 aliphatic carbocycles. The topological polar surface area (TPSA) is 45.2 Å². The highest BCUT2D eigenvalue weighted by molar-refractivity contribution is 7.17. The minimum absolute atomic E-state index is 0.126. The summed E-state index contributed by atoms with van der Waals surface area (Å²) in [6.45, 7) is 7.76. The van der Waals surface area contributed by atoms with Crippen LogP contribution in [0.1, 0.15) is 39.3 Å². The highest BCUT2D eigenvalue weighted by atomic mass is 32.1. The van der Waals surface area contributed by atoms with Crippen molar-refractivity contribution in [3.8, 4) is 10.6 Å². The van der Waals surface area contributed by atoms with Crippen LogP contribution in [0.15, 0.2) is 18.2 Å². The van der Waals surface area contributed by atoms with Gasteiger partial charge in [0, 0.05) is 24.7 Å². The lowest BCUT2D eigenvalue weighted by Crippen LogP contribution is -2.46. The number of aryl methyl sites for hydroxylation is 3. The van der Waals surface area contributed by atoms with Gasteiger partial charge in [0.25, 0.3) is 5.91 Å². The van der Waals surface area contributed by atoms with Crippen molar-refractivity contribution >= 4 is 17.2 Å². The van der Waals surface area contributed by atoms with Gasteiger partial charge in [0.1, 0.15) is 9.88 Å². The Morgan fingerprint density at radius 2 is 2.12 bits per heavy atom.